The van der Waals surface area contributed by atoms with Crippen LogP contribution >= 0.6 is 0 Å². The molecule has 116 valence electrons. The molecule has 3 rings (SSSR count). The number of amides is 1. The van der Waals surface area contributed by atoms with Crippen LogP contribution in [0, 0.1) is 6.92 Å². The summed E-state index contributed by atoms with van der Waals surface area (Å²) in [5.41, 5.74) is 2.38. The molecular formula is C17H21N3O2. The van der Waals surface area contributed by atoms with Gasteiger partial charge in [-0.2, -0.15) is 0 Å². The first-order chi connectivity index (χ1) is 10.6. The third-order valence-corrected chi connectivity index (χ3v) is 4.14. The Morgan fingerprint density at radius 2 is 2.23 bits per heavy atom. The summed E-state index contributed by atoms with van der Waals surface area (Å²) in [5.74, 6) is 0.804. The first-order valence-electron chi connectivity index (χ1n) is 7.57. The molecule has 1 aliphatic heterocycles. The molecule has 1 aliphatic rings. The zero-order valence-corrected chi connectivity index (χ0v) is 13.2. The fraction of sp³-hybridized carbons (Fsp3) is 0.412. The van der Waals surface area contributed by atoms with E-state index < -0.39 is 0 Å². The van der Waals surface area contributed by atoms with Crippen molar-refractivity contribution in [1.82, 2.24) is 15.2 Å². The number of ether oxygens (including phenoxy) is 1. The maximum Gasteiger partial charge on any atom is 0.254 e. The van der Waals surface area contributed by atoms with Gasteiger partial charge in [-0.25, -0.2) is 0 Å². The number of piperazine rings is 1. The van der Waals surface area contributed by atoms with E-state index in [1.807, 2.05) is 36.1 Å². The van der Waals surface area contributed by atoms with Crippen LogP contribution in [0.25, 0.3) is 10.9 Å². The summed E-state index contributed by atoms with van der Waals surface area (Å²) in [5, 5.41) is 4.16. The van der Waals surface area contributed by atoms with Crippen LogP contribution in [0.1, 0.15) is 23.0 Å². The number of nitrogens with zero attached hydrogens (tertiary/aromatic N) is 2. The van der Waals surface area contributed by atoms with Crippen molar-refractivity contribution >= 4 is 16.8 Å². The van der Waals surface area contributed by atoms with Gasteiger partial charge in [0.25, 0.3) is 5.91 Å². The summed E-state index contributed by atoms with van der Waals surface area (Å²) < 4.78 is 5.29. The zero-order chi connectivity index (χ0) is 15.7. The van der Waals surface area contributed by atoms with E-state index in [0.29, 0.717) is 5.56 Å². The number of hydrogen-bond donors (Lipinski definition) is 1. The second-order valence-corrected chi connectivity index (χ2v) is 5.75. The molecule has 0 saturated carbocycles. The molecule has 22 heavy (non-hydrogen) atoms. The van der Waals surface area contributed by atoms with Crippen LogP contribution in [-0.4, -0.2) is 48.6 Å². The Labute approximate surface area is 130 Å². The Bertz CT molecular complexity index is 714. The number of fused-ring (bicyclic) bond motifs is 1. The summed E-state index contributed by atoms with van der Waals surface area (Å²) in [4.78, 5) is 19.5. The van der Waals surface area contributed by atoms with Crippen molar-refractivity contribution in [3.8, 4) is 5.75 Å². The quantitative estimate of drug-likeness (QED) is 0.921. The lowest BCUT2D eigenvalue weighted by molar-refractivity contribution is 0.0657. The highest BCUT2D eigenvalue weighted by Crippen LogP contribution is 2.25. The van der Waals surface area contributed by atoms with Crippen molar-refractivity contribution in [2.24, 2.45) is 0 Å². The summed E-state index contributed by atoms with van der Waals surface area (Å²) >= 11 is 0. The van der Waals surface area contributed by atoms with Crippen LogP contribution in [0.15, 0.2) is 24.3 Å². The van der Waals surface area contributed by atoms with E-state index in [0.717, 1.165) is 42.0 Å². The molecule has 0 aliphatic carbocycles. The Hall–Kier alpha value is -2.14. The second kappa shape index (κ2) is 5.93. The summed E-state index contributed by atoms with van der Waals surface area (Å²) in [6, 6.07) is 7.73. The highest BCUT2D eigenvalue weighted by Gasteiger charge is 2.25. The van der Waals surface area contributed by atoms with Gasteiger partial charge in [0, 0.05) is 36.8 Å². The van der Waals surface area contributed by atoms with Crippen LogP contribution in [0.5, 0.6) is 5.75 Å². The maximum absolute atomic E-state index is 13.0. The molecule has 0 spiro atoms. The number of benzene rings is 1. The number of nitrogens with one attached hydrogen (secondary N) is 1. The van der Waals surface area contributed by atoms with E-state index in [1.54, 1.807) is 7.11 Å². The van der Waals surface area contributed by atoms with E-state index in [9.17, 15) is 4.79 Å². The van der Waals surface area contributed by atoms with Crippen molar-refractivity contribution in [1.29, 1.82) is 0 Å². The number of pyridine rings is 1. The number of carbonyl (C=O) groups is 1. The first kappa shape index (κ1) is 14.8. The Kier molecular flexibility index (Phi) is 3.98. The van der Waals surface area contributed by atoms with Gasteiger partial charge in [0.05, 0.1) is 18.2 Å². The molecule has 0 bridgehead atoms. The number of aryl methyl sites for hydroxylation is 1. The third kappa shape index (κ3) is 2.64. The van der Waals surface area contributed by atoms with Gasteiger partial charge in [-0.3, -0.25) is 9.78 Å². The lowest BCUT2D eigenvalue weighted by Crippen LogP contribution is -2.52. The molecule has 1 aromatic heterocycles. The van der Waals surface area contributed by atoms with E-state index in [4.69, 9.17) is 4.74 Å². The molecule has 1 aromatic carbocycles. The number of aromatic nitrogens is 1. The largest absolute Gasteiger partial charge is 0.497 e. The lowest BCUT2D eigenvalue weighted by atomic mass is 10.0. The van der Waals surface area contributed by atoms with Crippen molar-refractivity contribution in [2.45, 2.75) is 19.9 Å². The highest BCUT2D eigenvalue weighted by molar-refractivity contribution is 6.06. The Morgan fingerprint density at radius 3 is 2.95 bits per heavy atom. The number of methoxy groups -OCH3 is 1. The minimum atomic E-state index is 0.0674. The van der Waals surface area contributed by atoms with Gasteiger partial charge in [0.2, 0.25) is 0 Å². The molecule has 2 heterocycles. The van der Waals surface area contributed by atoms with Crippen molar-refractivity contribution in [3.05, 3.63) is 35.5 Å². The molecular weight excluding hydrogens is 278 g/mol. The van der Waals surface area contributed by atoms with E-state index >= 15 is 0 Å². The zero-order valence-electron chi connectivity index (χ0n) is 13.2. The molecule has 1 amide bonds. The van der Waals surface area contributed by atoms with Crippen LogP contribution in [0.2, 0.25) is 0 Å². The topological polar surface area (TPSA) is 54.5 Å². The van der Waals surface area contributed by atoms with Crippen molar-refractivity contribution in [2.75, 3.05) is 26.7 Å². The van der Waals surface area contributed by atoms with Gasteiger partial charge >= 0.3 is 0 Å². The predicted molar refractivity (Wildman–Crippen MR) is 86.4 cm³/mol. The smallest absolute Gasteiger partial charge is 0.254 e. The Balaban J connectivity index is 2.09. The average Bonchev–Trinajstić information content (AvgIpc) is 2.53. The van der Waals surface area contributed by atoms with E-state index in [-0.39, 0.29) is 11.9 Å². The average molecular weight is 299 g/mol. The lowest BCUT2D eigenvalue weighted by Gasteiger charge is -2.34. The van der Waals surface area contributed by atoms with Crippen molar-refractivity contribution in [3.63, 3.8) is 0 Å². The van der Waals surface area contributed by atoms with Gasteiger partial charge in [-0.05, 0) is 38.1 Å². The number of hydrogen-bond acceptors (Lipinski definition) is 4. The molecule has 1 fully saturated rings. The normalized spacial score (nSPS) is 18.5. The molecule has 0 radical (unpaired) electrons. The molecule has 1 N–H and O–H groups in total. The van der Waals surface area contributed by atoms with Crippen LogP contribution in [-0.2, 0) is 0 Å². The molecule has 0 unspecified atom stereocenters. The number of carbonyl (C=O) groups excluding carboxylic acids is 1. The Morgan fingerprint density at radius 1 is 1.41 bits per heavy atom. The molecule has 2 aromatic rings. The molecule has 1 saturated heterocycles. The van der Waals surface area contributed by atoms with E-state index in [1.165, 1.54) is 0 Å². The standard InChI is InChI=1S/C17H21N3O2/c1-11-8-15(17(21)20-7-6-18-10-12(20)2)14-9-13(22-3)4-5-16(14)19-11/h4-5,8-9,12,18H,6-7,10H2,1-3H3/t12-/m1/s1. The van der Waals surface area contributed by atoms with Gasteiger partial charge in [-0.15, -0.1) is 0 Å². The fourth-order valence-corrected chi connectivity index (χ4v) is 2.94. The third-order valence-electron chi connectivity index (χ3n) is 4.14. The van der Waals surface area contributed by atoms with E-state index in [2.05, 4.69) is 17.2 Å². The number of rotatable bonds is 2. The molecule has 1 atom stereocenters. The van der Waals surface area contributed by atoms with Gasteiger partial charge in [-0.1, -0.05) is 0 Å². The minimum Gasteiger partial charge on any atom is -0.497 e. The highest BCUT2D eigenvalue weighted by atomic mass is 16.5. The van der Waals surface area contributed by atoms with Crippen LogP contribution in [0.4, 0.5) is 0 Å². The predicted octanol–water partition coefficient (Wildman–Crippen LogP) is 1.99. The molecule has 5 nitrogen and oxygen atoms in total. The van der Waals surface area contributed by atoms with Gasteiger partial charge in [0.1, 0.15) is 5.75 Å². The monoisotopic (exact) mass is 299 g/mol. The van der Waals surface area contributed by atoms with Crippen molar-refractivity contribution < 1.29 is 9.53 Å². The molecule has 5 heteroatoms. The summed E-state index contributed by atoms with van der Waals surface area (Å²) in [6.45, 7) is 6.38. The van der Waals surface area contributed by atoms with Gasteiger partial charge < -0.3 is 15.0 Å². The summed E-state index contributed by atoms with van der Waals surface area (Å²) in [7, 11) is 1.63. The summed E-state index contributed by atoms with van der Waals surface area (Å²) in [6.07, 6.45) is 0. The van der Waals surface area contributed by atoms with Crippen LogP contribution < -0.4 is 10.1 Å². The SMILES string of the molecule is COc1ccc2nc(C)cc(C(=O)N3CCNC[C@H]3C)c2c1. The van der Waals surface area contributed by atoms with Crippen LogP contribution in [0.3, 0.4) is 0 Å². The first-order valence-corrected chi connectivity index (χ1v) is 7.57. The second-order valence-electron chi connectivity index (χ2n) is 5.75. The van der Waals surface area contributed by atoms with Gasteiger partial charge in [0.15, 0.2) is 0 Å². The maximum atomic E-state index is 13.0. The fourth-order valence-electron chi connectivity index (χ4n) is 2.94. The minimum absolute atomic E-state index is 0.0674.